The van der Waals surface area contributed by atoms with Crippen LogP contribution in [0, 0.1) is 11.8 Å². The first-order valence-corrected chi connectivity index (χ1v) is 7.72. The van der Waals surface area contributed by atoms with Crippen LogP contribution >= 0.6 is 11.8 Å². The molecule has 3 rings (SSSR count). The lowest BCUT2D eigenvalue weighted by atomic mass is 9.96. The van der Waals surface area contributed by atoms with E-state index in [4.69, 9.17) is 0 Å². The minimum atomic E-state index is -4.35. The lowest BCUT2D eigenvalue weighted by molar-refractivity contribution is -0.148. The fourth-order valence-corrected chi connectivity index (χ4v) is 4.73. The van der Waals surface area contributed by atoms with Crippen LogP contribution in [0.15, 0.2) is 4.99 Å². The second-order valence-corrected chi connectivity index (χ2v) is 7.75. The molecule has 0 radical (unpaired) electrons. The van der Waals surface area contributed by atoms with Crippen LogP contribution in [0.2, 0.25) is 0 Å². The molecule has 7 heteroatoms. The maximum Gasteiger partial charge on any atom is 0.390 e. The van der Waals surface area contributed by atoms with Gasteiger partial charge in [-0.2, -0.15) is 13.2 Å². The maximum atomic E-state index is 12.5. The average molecular weight is 306 g/mol. The molecule has 20 heavy (non-hydrogen) atoms. The highest BCUT2D eigenvalue weighted by atomic mass is 32.2. The van der Waals surface area contributed by atoms with Gasteiger partial charge in [0.05, 0.1) is 12.5 Å². The number of rotatable bonds is 2. The Morgan fingerprint density at radius 3 is 2.70 bits per heavy atom. The third-order valence-corrected chi connectivity index (χ3v) is 5.73. The third-order valence-electron chi connectivity index (χ3n) is 4.54. The smallest absolute Gasteiger partial charge is 0.304 e. The van der Waals surface area contributed by atoms with Crippen molar-refractivity contribution < 1.29 is 18.0 Å². The normalized spacial score (nSPS) is 42.5. The van der Waals surface area contributed by atoms with E-state index in [1.807, 2.05) is 0 Å². The van der Waals surface area contributed by atoms with E-state index in [2.05, 4.69) is 10.3 Å². The zero-order chi connectivity index (χ0) is 14.5. The van der Waals surface area contributed by atoms with Crippen molar-refractivity contribution in [3.8, 4) is 0 Å². The van der Waals surface area contributed by atoms with Crippen molar-refractivity contribution in [3.05, 3.63) is 0 Å². The van der Waals surface area contributed by atoms with Gasteiger partial charge in [-0.25, -0.2) is 0 Å². The number of aliphatic imine (C=N–C) groups is 1. The van der Waals surface area contributed by atoms with Gasteiger partial charge in [-0.15, -0.1) is 0 Å². The Kier molecular flexibility index (Phi) is 3.30. The predicted octanol–water partition coefficient (Wildman–Crippen LogP) is 3.11. The molecule has 3 aliphatic rings. The van der Waals surface area contributed by atoms with E-state index in [0.717, 1.165) is 30.5 Å². The first-order chi connectivity index (χ1) is 9.25. The van der Waals surface area contributed by atoms with Gasteiger partial charge in [0.2, 0.25) is 5.91 Å². The van der Waals surface area contributed by atoms with Gasteiger partial charge in [-0.3, -0.25) is 9.79 Å². The van der Waals surface area contributed by atoms with E-state index in [0.29, 0.717) is 11.1 Å². The SMILES string of the molecule is C[C@]1(CC(F)(F)F)SC(=NC2CC3CC[C@@H]2C3)NC1=O. The highest BCUT2D eigenvalue weighted by Crippen LogP contribution is 2.47. The van der Waals surface area contributed by atoms with Crippen molar-refractivity contribution in [3.63, 3.8) is 0 Å². The van der Waals surface area contributed by atoms with Gasteiger partial charge in [-0.1, -0.05) is 18.2 Å². The summed E-state index contributed by atoms with van der Waals surface area (Å²) in [5.74, 6) is 0.694. The molecule has 1 aliphatic heterocycles. The first kappa shape index (κ1) is 14.2. The number of hydrogen-bond donors (Lipinski definition) is 1. The molecule has 3 fully saturated rings. The highest BCUT2D eigenvalue weighted by Gasteiger charge is 2.50. The summed E-state index contributed by atoms with van der Waals surface area (Å²) in [6.45, 7) is 1.34. The van der Waals surface area contributed by atoms with Crippen molar-refractivity contribution >= 4 is 22.8 Å². The molecular weight excluding hydrogens is 289 g/mol. The van der Waals surface area contributed by atoms with Gasteiger partial charge >= 0.3 is 6.18 Å². The van der Waals surface area contributed by atoms with E-state index in [-0.39, 0.29) is 6.04 Å². The van der Waals surface area contributed by atoms with Crippen molar-refractivity contribution in [2.45, 2.75) is 56.0 Å². The van der Waals surface area contributed by atoms with E-state index < -0.39 is 23.3 Å². The van der Waals surface area contributed by atoms with Crippen LogP contribution in [0.5, 0.6) is 0 Å². The standard InChI is InChI=1S/C13H17F3N2OS/c1-12(6-13(14,15)16)10(19)18-11(20-12)17-9-5-7-2-3-8(9)4-7/h7-9H,2-6H2,1H3,(H,17,18,19)/t7?,8-,9?,12-/m1/s1. The Morgan fingerprint density at radius 1 is 1.40 bits per heavy atom. The Labute approximate surface area is 119 Å². The molecule has 3 nitrogen and oxygen atoms in total. The molecule has 0 aromatic rings. The average Bonchev–Trinajstić information content (AvgIpc) is 2.92. The molecule has 4 atom stereocenters. The number of hydrogen-bond acceptors (Lipinski definition) is 3. The molecule has 2 bridgehead atoms. The van der Waals surface area contributed by atoms with Gasteiger partial charge in [0.15, 0.2) is 5.17 Å². The molecule has 2 saturated carbocycles. The third kappa shape index (κ3) is 2.69. The first-order valence-electron chi connectivity index (χ1n) is 6.90. The number of alkyl halides is 3. The number of carbonyl (C=O) groups excluding carboxylic acids is 1. The lowest BCUT2D eigenvalue weighted by Crippen LogP contribution is -2.37. The number of amidine groups is 1. The molecule has 1 heterocycles. The van der Waals surface area contributed by atoms with Crippen LogP contribution < -0.4 is 5.32 Å². The van der Waals surface area contributed by atoms with Crippen LogP contribution in [0.25, 0.3) is 0 Å². The van der Waals surface area contributed by atoms with Crippen LogP contribution in [-0.4, -0.2) is 28.0 Å². The van der Waals surface area contributed by atoms with Crippen LogP contribution in [0.4, 0.5) is 13.2 Å². The van der Waals surface area contributed by atoms with Crippen molar-refractivity contribution in [2.24, 2.45) is 16.8 Å². The molecule has 0 aromatic carbocycles. The number of nitrogens with zero attached hydrogens (tertiary/aromatic N) is 1. The van der Waals surface area contributed by atoms with E-state index in [1.54, 1.807) is 0 Å². The molecule has 112 valence electrons. The van der Waals surface area contributed by atoms with Gasteiger partial charge in [0.1, 0.15) is 4.75 Å². The zero-order valence-corrected chi connectivity index (χ0v) is 12.0. The van der Waals surface area contributed by atoms with E-state index in [1.165, 1.54) is 19.8 Å². The minimum absolute atomic E-state index is 0.185. The quantitative estimate of drug-likeness (QED) is 0.851. The zero-order valence-electron chi connectivity index (χ0n) is 11.2. The van der Waals surface area contributed by atoms with Crippen molar-refractivity contribution in [1.29, 1.82) is 0 Å². The number of amides is 1. The largest absolute Gasteiger partial charge is 0.390 e. The Hall–Kier alpha value is -0.720. The molecule has 1 saturated heterocycles. The van der Waals surface area contributed by atoms with Gasteiger partial charge < -0.3 is 5.32 Å². The molecule has 2 aliphatic carbocycles. The summed E-state index contributed by atoms with van der Waals surface area (Å²) in [6.07, 6.45) is -0.866. The minimum Gasteiger partial charge on any atom is -0.304 e. The molecule has 2 unspecified atom stereocenters. The molecule has 1 amide bonds. The van der Waals surface area contributed by atoms with Gasteiger partial charge in [-0.05, 0) is 38.0 Å². The predicted molar refractivity (Wildman–Crippen MR) is 71.5 cm³/mol. The fourth-order valence-electron chi connectivity index (χ4n) is 3.59. The van der Waals surface area contributed by atoms with Crippen LogP contribution in [0.1, 0.15) is 39.0 Å². The van der Waals surface area contributed by atoms with Gasteiger partial charge in [0.25, 0.3) is 0 Å². The van der Waals surface area contributed by atoms with E-state index >= 15 is 0 Å². The van der Waals surface area contributed by atoms with Crippen LogP contribution in [0.3, 0.4) is 0 Å². The van der Waals surface area contributed by atoms with Crippen molar-refractivity contribution in [1.82, 2.24) is 5.32 Å². The number of nitrogens with one attached hydrogen (secondary N) is 1. The summed E-state index contributed by atoms with van der Waals surface area (Å²) in [7, 11) is 0. The summed E-state index contributed by atoms with van der Waals surface area (Å²) in [5.41, 5.74) is 0. The number of thioether (sulfide) groups is 1. The van der Waals surface area contributed by atoms with E-state index in [9.17, 15) is 18.0 Å². The Bertz CT molecular complexity index is 465. The van der Waals surface area contributed by atoms with Gasteiger partial charge in [0, 0.05) is 0 Å². The second-order valence-electron chi connectivity index (χ2n) is 6.26. The highest BCUT2D eigenvalue weighted by molar-refractivity contribution is 8.16. The van der Waals surface area contributed by atoms with Crippen molar-refractivity contribution in [2.75, 3.05) is 0 Å². The molecule has 1 N–H and O–H groups in total. The summed E-state index contributed by atoms with van der Waals surface area (Å²) in [6, 6.07) is 0.185. The summed E-state index contributed by atoms with van der Waals surface area (Å²) >= 11 is 0.932. The topological polar surface area (TPSA) is 41.5 Å². The maximum absolute atomic E-state index is 12.5. The summed E-state index contributed by atoms with van der Waals surface area (Å²) < 4.78 is 36.2. The number of carbonyl (C=O) groups is 1. The fraction of sp³-hybridized carbons (Fsp3) is 0.846. The summed E-state index contributed by atoms with van der Waals surface area (Å²) in [4.78, 5) is 16.3. The lowest BCUT2D eigenvalue weighted by Gasteiger charge is -2.20. The monoisotopic (exact) mass is 306 g/mol. The number of halogens is 3. The Morgan fingerprint density at radius 2 is 2.15 bits per heavy atom. The second kappa shape index (κ2) is 4.64. The number of fused-ring (bicyclic) bond motifs is 2. The summed E-state index contributed by atoms with van der Waals surface area (Å²) in [5, 5.41) is 2.90. The molecule has 0 aromatic heterocycles. The Balaban J connectivity index is 1.70. The molecule has 0 spiro atoms. The molecular formula is C13H17F3N2OS. The van der Waals surface area contributed by atoms with Crippen LogP contribution in [-0.2, 0) is 4.79 Å².